The summed E-state index contributed by atoms with van der Waals surface area (Å²) in [6, 6.07) is 0. The molecule has 2 N–H and O–H groups in total. The van der Waals surface area contributed by atoms with Crippen molar-refractivity contribution in [2.75, 3.05) is 6.54 Å². The summed E-state index contributed by atoms with van der Waals surface area (Å²) in [6.07, 6.45) is 5.10. The third-order valence-corrected chi connectivity index (χ3v) is 3.02. The zero-order valence-corrected chi connectivity index (χ0v) is 9.19. The molecule has 0 saturated carbocycles. The van der Waals surface area contributed by atoms with Gasteiger partial charge in [-0.1, -0.05) is 47.0 Å². The average molecular weight is 171 g/mol. The summed E-state index contributed by atoms with van der Waals surface area (Å²) in [7, 11) is 0. The highest BCUT2D eigenvalue weighted by Gasteiger charge is 2.26. The lowest BCUT2D eigenvalue weighted by Gasteiger charge is -2.33. The van der Waals surface area contributed by atoms with Gasteiger partial charge in [0.1, 0.15) is 0 Å². The number of nitrogens with two attached hydrogens (primary N) is 1. The van der Waals surface area contributed by atoms with Crippen LogP contribution in [-0.2, 0) is 0 Å². The lowest BCUT2D eigenvalue weighted by atomic mass is 9.73. The van der Waals surface area contributed by atoms with E-state index in [2.05, 4.69) is 27.7 Å². The fourth-order valence-corrected chi connectivity index (χ4v) is 2.07. The van der Waals surface area contributed by atoms with Crippen LogP contribution < -0.4 is 5.73 Å². The van der Waals surface area contributed by atoms with Gasteiger partial charge in [-0.2, -0.15) is 0 Å². The monoisotopic (exact) mass is 171 g/mol. The summed E-state index contributed by atoms with van der Waals surface area (Å²) >= 11 is 0. The van der Waals surface area contributed by atoms with Crippen LogP contribution in [0.3, 0.4) is 0 Å². The van der Waals surface area contributed by atoms with E-state index < -0.39 is 0 Å². The van der Waals surface area contributed by atoms with Gasteiger partial charge in [-0.15, -0.1) is 0 Å². The van der Waals surface area contributed by atoms with E-state index in [-0.39, 0.29) is 0 Å². The van der Waals surface area contributed by atoms with E-state index >= 15 is 0 Å². The Morgan fingerprint density at radius 2 is 1.83 bits per heavy atom. The summed E-state index contributed by atoms with van der Waals surface area (Å²) < 4.78 is 0. The maximum atomic E-state index is 5.60. The SMILES string of the molecule is CCCC(CC)C(C)(C)CCN. The fourth-order valence-electron chi connectivity index (χ4n) is 2.07. The van der Waals surface area contributed by atoms with Crippen LogP contribution in [0.4, 0.5) is 0 Å². The van der Waals surface area contributed by atoms with E-state index in [0.29, 0.717) is 5.41 Å². The van der Waals surface area contributed by atoms with E-state index in [1.54, 1.807) is 0 Å². The first-order chi connectivity index (χ1) is 5.58. The Morgan fingerprint density at radius 1 is 1.25 bits per heavy atom. The molecule has 0 heterocycles. The number of hydrogen-bond donors (Lipinski definition) is 1. The highest BCUT2D eigenvalue weighted by molar-refractivity contribution is 4.77. The molecule has 0 aliphatic carbocycles. The molecule has 0 saturated heterocycles. The van der Waals surface area contributed by atoms with Gasteiger partial charge in [0.05, 0.1) is 0 Å². The lowest BCUT2D eigenvalue weighted by molar-refractivity contribution is 0.179. The molecule has 0 aromatic rings. The molecule has 1 nitrogen and oxygen atoms in total. The van der Waals surface area contributed by atoms with E-state index in [0.717, 1.165) is 18.9 Å². The Morgan fingerprint density at radius 3 is 2.17 bits per heavy atom. The highest BCUT2D eigenvalue weighted by atomic mass is 14.5. The van der Waals surface area contributed by atoms with Crippen LogP contribution in [0.1, 0.15) is 53.4 Å². The molecule has 0 bridgehead atoms. The van der Waals surface area contributed by atoms with Crippen molar-refractivity contribution in [3.05, 3.63) is 0 Å². The Labute approximate surface area is 77.7 Å². The Kier molecular flexibility index (Phi) is 5.56. The van der Waals surface area contributed by atoms with Crippen molar-refractivity contribution in [2.24, 2.45) is 17.1 Å². The Balaban J connectivity index is 4.05. The van der Waals surface area contributed by atoms with Gasteiger partial charge in [-0.3, -0.25) is 0 Å². The molecule has 0 amide bonds. The second-order valence-corrected chi connectivity index (χ2v) is 4.42. The molecule has 0 fully saturated rings. The maximum Gasteiger partial charge on any atom is -0.00721 e. The van der Waals surface area contributed by atoms with Crippen LogP contribution in [0.2, 0.25) is 0 Å². The molecule has 0 spiro atoms. The summed E-state index contributed by atoms with van der Waals surface area (Å²) in [4.78, 5) is 0. The van der Waals surface area contributed by atoms with Gasteiger partial charge in [0.15, 0.2) is 0 Å². The molecule has 0 aliphatic heterocycles. The van der Waals surface area contributed by atoms with Gasteiger partial charge in [0, 0.05) is 0 Å². The van der Waals surface area contributed by atoms with Crippen molar-refractivity contribution in [2.45, 2.75) is 53.4 Å². The normalized spacial score (nSPS) is 14.8. The molecule has 1 heteroatoms. The van der Waals surface area contributed by atoms with Crippen LogP contribution in [0.15, 0.2) is 0 Å². The van der Waals surface area contributed by atoms with Gasteiger partial charge >= 0.3 is 0 Å². The summed E-state index contributed by atoms with van der Waals surface area (Å²) in [5.74, 6) is 0.853. The quantitative estimate of drug-likeness (QED) is 0.652. The predicted octanol–water partition coefficient (Wildman–Crippen LogP) is 3.19. The average Bonchev–Trinajstić information content (AvgIpc) is 1.99. The van der Waals surface area contributed by atoms with E-state index in [1.165, 1.54) is 19.3 Å². The zero-order chi connectivity index (χ0) is 9.61. The molecular weight excluding hydrogens is 146 g/mol. The first-order valence-corrected chi connectivity index (χ1v) is 5.28. The first kappa shape index (κ1) is 12.0. The zero-order valence-electron chi connectivity index (χ0n) is 9.19. The molecule has 0 aromatic heterocycles. The molecule has 74 valence electrons. The minimum absolute atomic E-state index is 0.444. The minimum Gasteiger partial charge on any atom is -0.330 e. The van der Waals surface area contributed by atoms with Gasteiger partial charge in [-0.25, -0.2) is 0 Å². The second kappa shape index (κ2) is 5.58. The van der Waals surface area contributed by atoms with E-state index in [9.17, 15) is 0 Å². The van der Waals surface area contributed by atoms with Crippen molar-refractivity contribution in [3.63, 3.8) is 0 Å². The van der Waals surface area contributed by atoms with Crippen molar-refractivity contribution < 1.29 is 0 Å². The predicted molar refractivity (Wildman–Crippen MR) is 56.1 cm³/mol. The van der Waals surface area contributed by atoms with Gasteiger partial charge in [0.25, 0.3) is 0 Å². The van der Waals surface area contributed by atoms with Crippen LogP contribution in [-0.4, -0.2) is 6.54 Å². The van der Waals surface area contributed by atoms with E-state index in [1.807, 2.05) is 0 Å². The summed E-state index contributed by atoms with van der Waals surface area (Å²) in [6.45, 7) is 10.1. The van der Waals surface area contributed by atoms with Crippen LogP contribution in [0, 0.1) is 11.3 Å². The van der Waals surface area contributed by atoms with Crippen molar-refractivity contribution in [1.29, 1.82) is 0 Å². The standard InChI is InChI=1S/C11H25N/c1-5-7-10(6-2)11(3,4)8-9-12/h10H,5-9,12H2,1-4H3. The van der Waals surface area contributed by atoms with Crippen molar-refractivity contribution in [1.82, 2.24) is 0 Å². The molecule has 1 unspecified atom stereocenters. The van der Waals surface area contributed by atoms with Gasteiger partial charge in [0.2, 0.25) is 0 Å². The third kappa shape index (κ3) is 3.57. The second-order valence-electron chi connectivity index (χ2n) is 4.42. The Hall–Kier alpha value is -0.0400. The third-order valence-electron chi connectivity index (χ3n) is 3.02. The van der Waals surface area contributed by atoms with Crippen LogP contribution >= 0.6 is 0 Å². The molecule has 0 aliphatic rings. The van der Waals surface area contributed by atoms with Gasteiger partial charge < -0.3 is 5.73 Å². The summed E-state index contributed by atoms with van der Waals surface area (Å²) in [5.41, 5.74) is 6.05. The molecule has 0 radical (unpaired) electrons. The smallest absolute Gasteiger partial charge is 0.00721 e. The van der Waals surface area contributed by atoms with Crippen LogP contribution in [0.5, 0.6) is 0 Å². The Bertz CT molecular complexity index is 108. The fraction of sp³-hybridized carbons (Fsp3) is 1.00. The highest BCUT2D eigenvalue weighted by Crippen LogP contribution is 2.35. The molecule has 12 heavy (non-hydrogen) atoms. The topological polar surface area (TPSA) is 26.0 Å². The largest absolute Gasteiger partial charge is 0.330 e. The van der Waals surface area contributed by atoms with Crippen LogP contribution in [0.25, 0.3) is 0 Å². The molecule has 0 rings (SSSR count). The number of hydrogen-bond acceptors (Lipinski definition) is 1. The van der Waals surface area contributed by atoms with E-state index in [4.69, 9.17) is 5.73 Å². The van der Waals surface area contributed by atoms with Crippen molar-refractivity contribution >= 4 is 0 Å². The maximum absolute atomic E-state index is 5.60. The lowest BCUT2D eigenvalue weighted by Crippen LogP contribution is -2.26. The molecular formula is C11H25N. The molecule has 1 atom stereocenters. The first-order valence-electron chi connectivity index (χ1n) is 5.28. The van der Waals surface area contributed by atoms with Crippen molar-refractivity contribution in [3.8, 4) is 0 Å². The number of rotatable bonds is 6. The van der Waals surface area contributed by atoms with Gasteiger partial charge in [-0.05, 0) is 24.3 Å². The minimum atomic E-state index is 0.444. The summed E-state index contributed by atoms with van der Waals surface area (Å²) in [5, 5.41) is 0. The molecule has 0 aromatic carbocycles.